The van der Waals surface area contributed by atoms with Gasteiger partial charge in [-0.1, -0.05) is 12.1 Å². The minimum atomic E-state index is -4.76. The molecule has 0 spiro atoms. The Morgan fingerprint density at radius 1 is 1.33 bits per heavy atom. The largest absolute Gasteiger partial charge is 0.508 e. The third-order valence-electron chi connectivity index (χ3n) is 2.40. The number of nitrogens with two attached hydrogens (primary N) is 1. The van der Waals surface area contributed by atoms with Crippen LogP contribution in [0.1, 0.15) is 11.3 Å². The first-order chi connectivity index (χ1) is 9.77. The van der Waals surface area contributed by atoms with Crippen LogP contribution in [-0.2, 0) is 6.18 Å². The van der Waals surface area contributed by atoms with Crippen molar-refractivity contribution in [3.8, 4) is 5.75 Å². The second-order valence-corrected chi connectivity index (χ2v) is 3.99. The quantitative estimate of drug-likeness (QED) is 0.820. The zero-order valence-corrected chi connectivity index (χ0v) is 10.4. The molecule has 21 heavy (non-hydrogen) atoms. The fraction of sp³-hybridized carbons (Fsp3) is 0.0833. The highest BCUT2D eigenvalue weighted by molar-refractivity contribution is 5.80. The molecule has 0 bridgehead atoms. The summed E-state index contributed by atoms with van der Waals surface area (Å²) in [6, 6.07) is 6.19. The number of phenols is 1. The molecule has 0 saturated carbocycles. The van der Waals surface area contributed by atoms with E-state index >= 15 is 0 Å². The normalized spacial score (nSPS) is 12.0. The summed E-state index contributed by atoms with van der Waals surface area (Å²) in [5.74, 6) is -0.712. The molecule has 0 unspecified atom stereocenters. The molecule has 2 aromatic rings. The summed E-state index contributed by atoms with van der Waals surface area (Å²) in [5, 5.41) is 12.9. The first-order valence-electron chi connectivity index (χ1n) is 5.57. The molecule has 1 heterocycles. The third kappa shape index (κ3) is 3.38. The van der Waals surface area contributed by atoms with Gasteiger partial charge in [-0.15, -0.1) is 0 Å². The summed E-state index contributed by atoms with van der Waals surface area (Å²) in [6.45, 7) is 0. The lowest BCUT2D eigenvalue weighted by molar-refractivity contribution is -0.141. The SMILES string of the molecule is Nc1nc(C(F)(F)F)cc(=O)n1/N=C\c1cccc(O)c1. The Kier molecular flexibility index (Phi) is 3.66. The Morgan fingerprint density at radius 2 is 2.05 bits per heavy atom. The Balaban J connectivity index is 2.40. The van der Waals surface area contributed by atoms with Crippen molar-refractivity contribution in [3.05, 3.63) is 51.9 Å². The standard InChI is InChI=1S/C12H9F3N4O2/c13-12(14,15)9-5-10(21)19(11(16)18-9)17-6-7-2-1-3-8(20)4-7/h1-6,20H,(H2,16,18)/b17-6-. The number of benzene rings is 1. The highest BCUT2D eigenvalue weighted by Crippen LogP contribution is 2.26. The molecule has 3 N–H and O–H groups in total. The molecule has 1 aromatic carbocycles. The van der Waals surface area contributed by atoms with Crippen LogP contribution in [0.2, 0.25) is 0 Å². The van der Waals surface area contributed by atoms with Crippen molar-refractivity contribution in [2.45, 2.75) is 6.18 Å². The predicted octanol–water partition coefficient (Wildman–Crippen LogP) is 1.43. The first kappa shape index (κ1) is 14.6. The molecule has 9 heteroatoms. The third-order valence-corrected chi connectivity index (χ3v) is 2.40. The molecule has 1 aromatic heterocycles. The second-order valence-electron chi connectivity index (χ2n) is 3.99. The summed E-state index contributed by atoms with van der Waals surface area (Å²) in [4.78, 5) is 14.7. The van der Waals surface area contributed by atoms with Gasteiger partial charge in [0.1, 0.15) is 5.75 Å². The van der Waals surface area contributed by atoms with Crippen molar-refractivity contribution in [1.29, 1.82) is 0 Å². The number of nitrogens with zero attached hydrogens (tertiary/aromatic N) is 3. The summed E-state index contributed by atoms with van der Waals surface area (Å²) in [7, 11) is 0. The molecule has 0 radical (unpaired) electrons. The minimum Gasteiger partial charge on any atom is -0.508 e. The predicted molar refractivity (Wildman–Crippen MR) is 69.0 cm³/mol. The highest BCUT2D eigenvalue weighted by Gasteiger charge is 2.33. The maximum Gasteiger partial charge on any atom is 0.433 e. The molecule has 6 nitrogen and oxygen atoms in total. The van der Waals surface area contributed by atoms with Gasteiger partial charge in [0.25, 0.3) is 5.56 Å². The van der Waals surface area contributed by atoms with E-state index in [9.17, 15) is 23.1 Å². The first-order valence-corrected chi connectivity index (χ1v) is 5.57. The van der Waals surface area contributed by atoms with E-state index in [-0.39, 0.29) is 5.75 Å². The van der Waals surface area contributed by atoms with Crippen molar-refractivity contribution in [2.75, 3.05) is 5.73 Å². The fourth-order valence-corrected chi connectivity index (χ4v) is 1.48. The fourth-order valence-electron chi connectivity index (χ4n) is 1.48. The Labute approximate surface area is 116 Å². The van der Waals surface area contributed by atoms with Gasteiger partial charge in [-0.2, -0.15) is 22.9 Å². The van der Waals surface area contributed by atoms with E-state index in [0.717, 1.165) is 6.21 Å². The van der Waals surface area contributed by atoms with E-state index in [1.54, 1.807) is 6.07 Å². The average Bonchev–Trinajstić information content (AvgIpc) is 2.36. The van der Waals surface area contributed by atoms with Crippen LogP contribution in [0.5, 0.6) is 5.75 Å². The van der Waals surface area contributed by atoms with E-state index in [4.69, 9.17) is 5.73 Å². The van der Waals surface area contributed by atoms with Gasteiger partial charge in [-0.25, -0.2) is 4.98 Å². The average molecular weight is 298 g/mol. The Bertz CT molecular complexity index is 753. The summed E-state index contributed by atoms with van der Waals surface area (Å²) in [6.07, 6.45) is -3.60. The van der Waals surface area contributed by atoms with Gasteiger partial charge in [0.2, 0.25) is 5.95 Å². The highest BCUT2D eigenvalue weighted by atomic mass is 19.4. The number of anilines is 1. The zero-order chi connectivity index (χ0) is 15.6. The van der Waals surface area contributed by atoms with Crippen LogP contribution >= 0.6 is 0 Å². The van der Waals surface area contributed by atoms with Crippen LogP contribution in [0, 0.1) is 0 Å². The van der Waals surface area contributed by atoms with Crippen molar-refractivity contribution in [2.24, 2.45) is 5.10 Å². The number of nitrogen functional groups attached to an aromatic ring is 1. The molecule has 0 atom stereocenters. The molecule has 0 fully saturated rings. The maximum atomic E-state index is 12.4. The molecule has 2 rings (SSSR count). The number of hydrogen-bond donors (Lipinski definition) is 2. The zero-order valence-electron chi connectivity index (χ0n) is 10.4. The lowest BCUT2D eigenvalue weighted by Crippen LogP contribution is -2.24. The van der Waals surface area contributed by atoms with E-state index in [1.165, 1.54) is 18.2 Å². The summed E-state index contributed by atoms with van der Waals surface area (Å²) >= 11 is 0. The topological polar surface area (TPSA) is 93.5 Å². The molecule has 0 aliphatic heterocycles. The Hall–Kier alpha value is -2.84. The van der Waals surface area contributed by atoms with Crippen LogP contribution in [0.15, 0.2) is 40.2 Å². The minimum absolute atomic E-state index is 0.0233. The molecule has 0 aliphatic rings. The van der Waals surface area contributed by atoms with Gasteiger partial charge < -0.3 is 10.8 Å². The van der Waals surface area contributed by atoms with E-state index in [2.05, 4.69) is 10.1 Å². The molecule has 110 valence electrons. The summed E-state index contributed by atoms with van der Waals surface area (Å²) in [5.41, 5.74) is 3.29. The van der Waals surface area contributed by atoms with Crippen LogP contribution in [0.4, 0.5) is 19.1 Å². The van der Waals surface area contributed by atoms with Gasteiger partial charge in [-0.3, -0.25) is 4.79 Å². The van der Waals surface area contributed by atoms with Crippen molar-refractivity contribution < 1.29 is 18.3 Å². The van der Waals surface area contributed by atoms with Crippen LogP contribution in [-0.4, -0.2) is 21.0 Å². The van der Waals surface area contributed by atoms with Gasteiger partial charge in [0.15, 0.2) is 5.69 Å². The van der Waals surface area contributed by atoms with Gasteiger partial charge >= 0.3 is 6.18 Å². The van der Waals surface area contributed by atoms with Gasteiger partial charge in [0.05, 0.1) is 6.21 Å². The Morgan fingerprint density at radius 3 is 2.62 bits per heavy atom. The number of hydrogen-bond acceptors (Lipinski definition) is 5. The molecule has 0 saturated heterocycles. The van der Waals surface area contributed by atoms with Crippen molar-refractivity contribution in [1.82, 2.24) is 9.66 Å². The number of halogens is 3. The number of aromatic hydroxyl groups is 1. The van der Waals surface area contributed by atoms with Gasteiger partial charge in [-0.05, 0) is 17.7 Å². The molecule has 0 amide bonds. The van der Waals surface area contributed by atoms with E-state index in [0.29, 0.717) is 16.3 Å². The molecular weight excluding hydrogens is 289 g/mol. The lowest BCUT2D eigenvalue weighted by atomic mass is 10.2. The van der Waals surface area contributed by atoms with Crippen LogP contribution < -0.4 is 11.3 Å². The number of phenolic OH excluding ortho intramolecular Hbond substituents is 1. The van der Waals surface area contributed by atoms with Crippen molar-refractivity contribution in [3.63, 3.8) is 0 Å². The number of alkyl halides is 3. The van der Waals surface area contributed by atoms with E-state index in [1.807, 2.05) is 0 Å². The summed E-state index contributed by atoms with van der Waals surface area (Å²) < 4.78 is 37.9. The second kappa shape index (κ2) is 5.27. The molecular formula is C12H9F3N4O2. The van der Waals surface area contributed by atoms with E-state index < -0.39 is 23.4 Å². The smallest absolute Gasteiger partial charge is 0.433 e. The maximum absolute atomic E-state index is 12.4. The lowest BCUT2D eigenvalue weighted by Gasteiger charge is -2.07. The van der Waals surface area contributed by atoms with Crippen molar-refractivity contribution >= 4 is 12.2 Å². The van der Waals surface area contributed by atoms with Crippen LogP contribution in [0.25, 0.3) is 0 Å². The van der Waals surface area contributed by atoms with Gasteiger partial charge in [0, 0.05) is 6.07 Å². The number of aromatic nitrogens is 2. The molecule has 0 aliphatic carbocycles. The monoisotopic (exact) mass is 298 g/mol. The van der Waals surface area contributed by atoms with Crippen LogP contribution in [0.3, 0.4) is 0 Å². The number of rotatable bonds is 2.